The van der Waals surface area contributed by atoms with E-state index in [0.717, 1.165) is 62.4 Å². The molecule has 1 aromatic rings. The van der Waals surface area contributed by atoms with Gasteiger partial charge in [0.25, 0.3) is 5.91 Å². The molecule has 0 aromatic carbocycles. The molecule has 5 nitrogen and oxygen atoms in total. The summed E-state index contributed by atoms with van der Waals surface area (Å²) in [6.07, 6.45) is 3.20. The second-order valence-corrected chi connectivity index (χ2v) is 7.36. The molecule has 2 fully saturated rings. The lowest BCUT2D eigenvalue weighted by Crippen LogP contribution is -2.41. The van der Waals surface area contributed by atoms with Crippen molar-refractivity contribution in [3.8, 4) is 0 Å². The smallest absolute Gasteiger partial charge is 0.264 e. The first kappa shape index (κ1) is 16.5. The molecule has 23 heavy (non-hydrogen) atoms. The first-order valence-electron chi connectivity index (χ1n) is 8.48. The van der Waals surface area contributed by atoms with Gasteiger partial charge in [-0.25, -0.2) is 0 Å². The second-order valence-electron chi connectivity index (χ2n) is 6.44. The van der Waals surface area contributed by atoms with Crippen LogP contribution in [-0.4, -0.2) is 72.3 Å². The Balaban J connectivity index is 1.53. The highest BCUT2D eigenvalue weighted by molar-refractivity contribution is 7.12. The molecule has 0 radical (unpaired) electrons. The molecule has 2 aliphatic rings. The van der Waals surface area contributed by atoms with Crippen LogP contribution in [0.25, 0.3) is 0 Å². The van der Waals surface area contributed by atoms with Crippen molar-refractivity contribution in [3.63, 3.8) is 0 Å². The number of aryl methyl sites for hydroxylation is 1. The van der Waals surface area contributed by atoms with Gasteiger partial charge in [0.15, 0.2) is 0 Å². The number of thiophene rings is 1. The maximum Gasteiger partial charge on any atom is 0.264 e. The highest BCUT2D eigenvalue weighted by Crippen LogP contribution is 2.19. The standard InChI is InChI=1S/C17H25N3O2S/c1-14-5-12-23-16(14)17(22)20-9-4-6-18(10-11-20)13-15(21)19-7-2-3-8-19/h5,12H,2-4,6-11,13H2,1H3. The lowest BCUT2D eigenvalue weighted by molar-refractivity contribution is -0.131. The van der Waals surface area contributed by atoms with Gasteiger partial charge in [0.2, 0.25) is 5.91 Å². The molecule has 0 saturated carbocycles. The topological polar surface area (TPSA) is 43.9 Å². The molecule has 0 spiro atoms. The average molecular weight is 335 g/mol. The molecule has 0 aliphatic carbocycles. The molecule has 0 N–H and O–H groups in total. The van der Waals surface area contributed by atoms with Gasteiger partial charge in [0.1, 0.15) is 0 Å². The van der Waals surface area contributed by atoms with E-state index in [9.17, 15) is 9.59 Å². The van der Waals surface area contributed by atoms with Crippen LogP contribution in [0.5, 0.6) is 0 Å². The van der Waals surface area contributed by atoms with Crippen molar-refractivity contribution in [2.75, 3.05) is 45.8 Å². The van der Waals surface area contributed by atoms with E-state index in [0.29, 0.717) is 13.1 Å². The zero-order chi connectivity index (χ0) is 16.2. The molecular formula is C17H25N3O2S. The van der Waals surface area contributed by atoms with Gasteiger partial charge >= 0.3 is 0 Å². The summed E-state index contributed by atoms with van der Waals surface area (Å²) >= 11 is 1.52. The zero-order valence-electron chi connectivity index (χ0n) is 13.8. The lowest BCUT2D eigenvalue weighted by atomic mass is 10.2. The molecule has 126 valence electrons. The number of hydrogen-bond acceptors (Lipinski definition) is 4. The third-order valence-corrected chi connectivity index (χ3v) is 5.75. The van der Waals surface area contributed by atoms with Crippen LogP contribution in [0.4, 0.5) is 0 Å². The van der Waals surface area contributed by atoms with Crippen LogP contribution < -0.4 is 0 Å². The van der Waals surface area contributed by atoms with E-state index in [1.165, 1.54) is 11.3 Å². The number of hydrogen-bond donors (Lipinski definition) is 0. The van der Waals surface area contributed by atoms with Crippen LogP contribution in [0.3, 0.4) is 0 Å². The van der Waals surface area contributed by atoms with Crippen molar-refractivity contribution < 1.29 is 9.59 Å². The minimum absolute atomic E-state index is 0.144. The average Bonchev–Trinajstić information content (AvgIpc) is 3.16. The van der Waals surface area contributed by atoms with Gasteiger partial charge in [0, 0.05) is 39.3 Å². The lowest BCUT2D eigenvalue weighted by Gasteiger charge is -2.23. The Bertz CT molecular complexity index is 566. The van der Waals surface area contributed by atoms with Gasteiger partial charge < -0.3 is 9.80 Å². The Morgan fingerprint density at radius 1 is 1.00 bits per heavy atom. The van der Waals surface area contributed by atoms with Gasteiger partial charge in [0.05, 0.1) is 11.4 Å². The summed E-state index contributed by atoms with van der Waals surface area (Å²) in [6, 6.07) is 2.00. The number of carbonyl (C=O) groups is 2. The summed E-state index contributed by atoms with van der Waals surface area (Å²) in [5.41, 5.74) is 1.06. The Morgan fingerprint density at radius 2 is 1.74 bits per heavy atom. The number of rotatable bonds is 3. The Morgan fingerprint density at radius 3 is 2.43 bits per heavy atom. The quantitative estimate of drug-likeness (QED) is 0.846. The Hall–Kier alpha value is -1.40. The van der Waals surface area contributed by atoms with Crippen molar-refractivity contribution in [2.45, 2.75) is 26.2 Å². The van der Waals surface area contributed by atoms with E-state index >= 15 is 0 Å². The van der Waals surface area contributed by atoms with Crippen molar-refractivity contribution in [1.29, 1.82) is 0 Å². The maximum atomic E-state index is 12.6. The van der Waals surface area contributed by atoms with E-state index in [4.69, 9.17) is 0 Å². The largest absolute Gasteiger partial charge is 0.342 e. The third kappa shape index (κ3) is 3.93. The minimum atomic E-state index is 0.144. The zero-order valence-corrected chi connectivity index (χ0v) is 14.6. The van der Waals surface area contributed by atoms with Gasteiger partial charge in [-0.1, -0.05) is 0 Å². The maximum absolute atomic E-state index is 12.6. The third-order valence-electron chi connectivity index (χ3n) is 4.75. The number of nitrogens with zero attached hydrogens (tertiary/aromatic N) is 3. The molecule has 6 heteroatoms. The normalized spacial score (nSPS) is 19.9. The van der Waals surface area contributed by atoms with E-state index in [2.05, 4.69) is 4.90 Å². The molecule has 3 heterocycles. The van der Waals surface area contributed by atoms with E-state index in [-0.39, 0.29) is 11.8 Å². The fourth-order valence-electron chi connectivity index (χ4n) is 3.33. The molecule has 2 saturated heterocycles. The van der Waals surface area contributed by atoms with Crippen LogP contribution in [0, 0.1) is 6.92 Å². The van der Waals surface area contributed by atoms with Crippen molar-refractivity contribution >= 4 is 23.2 Å². The number of carbonyl (C=O) groups excluding carboxylic acids is 2. The van der Waals surface area contributed by atoms with Crippen LogP contribution in [0.1, 0.15) is 34.5 Å². The summed E-state index contributed by atoms with van der Waals surface area (Å²) in [6.45, 7) is 7.49. The van der Waals surface area contributed by atoms with E-state index in [1.807, 2.05) is 28.2 Å². The molecule has 0 unspecified atom stereocenters. The van der Waals surface area contributed by atoms with E-state index < -0.39 is 0 Å². The molecular weight excluding hydrogens is 310 g/mol. The summed E-state index contributed by atoms with van der Waals surface area (Å²) in [7, 11) is 0. The van der Waals surface area contributed by atoms with Crippen LogP contribution in [0.2, 0.25) is 0 Å². The predicted molar refractivity (Wildman–Crippen MR) is 91.8 cm³/mol. The molecule has 2 aliphatic heterocycles. The van der Waals surface area contributed by atoms with Gasteiger partial charge in [-0.15, -0.1) is 11.3 Å². The van der Waals surface area contributed by atoms with Crippen LogP contribution >= 0.6 is 11.3 Å². The van der Waals surface area contributed by atoms with E-state index in [1.54, 1.807) is 0 Å². The highest BCUT2D eigenvalue weighted by Gasteiger charge is 2.25. The fourth-order valence-corrected chi connectivity index (χ4v) is 4.22. The molecule has 0 atom stereocenters. The molecule has 3 rings (SSSR count). The molecule has 0 bridgehead atoms. The SMILES string of the molecule is Cc1ccsc1C(=O)N1CCCN(CC(=O)N2CCCC2)CC1. The predicted octanol–water partition coefficient (Wildman–Crippen LogP) is 1.83. The van der Waals surface area contributed by atoms with Crippen LogP contribution in [-0.2, 0) is 4.79 Å². The monoisotopic (exact) mass is 335 g/mol. The van der Waals surface area contributed by atoms with Crippen LogP contribution in [0.15, 0.2) is 11.4 Å². The fraction of sp³-hybridized carbons (Fsp3) is 0.647. The summed E-state index contributed by atoms with van der Waals surface area (Å²) in [5, 5.41) is 1.97. The van der Waals surface area contributed by atoms with Crippen molar-refractivity contribution in [2.24, 2.45) is 0 Å². The number of amides is 2. The van der Waals surface area contributed by atoms with Gasteiger partial charge in [-0.05, 0) is 43.2 Å². The number of likely N-dealkylation sites (tertiary alicyclic amines) is 1. The Kier molecular flexibility index (Phi) is 5.33. The second kappa shape index (κ2) is 7.45. The minimum Gasteiger partial charge on any atom is -0.342 e. The Labute approximate surface area is 141 Å². The van der Waals surface area contributed by atoms with Crippen molar-refractivity contribution in [3.05, 3.63) is 21.9 Å². The molecule has 1 aromatic heterocycles. The van der Waals surface area contributed by atoms with Crippen molar-refractivity contribution in [1.82, 2.24) is 14.7 Å². The first-order chi connectivity index (χ1) is 11.1. The summed E-state index contributed by atoms with van der Waals surface area (Å²) in [5.74, 6) is 0.390. The highest BCUT2D eigenvalue weighted by atomic mass is 32.1. The summed E-state index contributed by atoms with van der Waals surface area (Å²) in [4.78, 5) is 31.9. The molecule has 2 amide bonds. The summed E-state index contributed by atoms with van der Waals surface area (Å²) < 4.78 is 0. The first-order valence-corrected chi connectivity index (χ1v) is 9.36. The van der Waals surface area contributed by atoms with Gasteiger partial charge in [-0.3, -0.25) is 14.5 Å². The van der Waals surface area contributed by atoms with Gasteiger partial charge in [-0.2, -0.15) is 0 Å².